The highest BCUT2D eigenvalue weighted by Crippen LogP contribution is 2.33. The van der Waals surface area contributed by atoms with Gasteiger partial charge in [0.1, 0.15) is 0 Å². The van der Waals surface area contributed by atoms with Crippen LogP contribution < -0.4 is 5.32 Å². The van der Waals surface area contributed by atoms with Crippen molar-refractivity contribution in [3.8, 4) is 0 Å². The van der Waals surface area contributed by atoms with Gasteiger partial charge in [-0.2, -0.15) is 13.2 Å². The summed E-state index contributed by atoms with van der Waals surface area (Å²) < 4.78 is 38.2. The molecule has 0 amide bonds. The van der Waals surface area contributed by atoms with Crippen LogP contribution in [-0.2, 0) is 6.18 Å². The normalized spacial score (nSPS) is 13.0. The lowest BCUT2D eigenvalue weighted by Crippen LogP contribution is -2.11. The maximum absolute atomic E-state index is 12.7. The average molecular weight is 314 g/mol. The SMILES string of the molecule is Cc1cccc(Cl)c1NC(C)c1cccc(C(F)(F)F)c1. The van der Waals surface area contributed by atoms with Crippen molar-refractivity contribution in [2.75, 3.05) is 5.32 Å². The van der Waals surface area contributed by atoms with Gasteiger partial charge in [0.15, 0.2) is 0 Å². The van der Waals surface area contributed by atoms with Crippen molar-refractivity contribution >= 4 is 17.3 Å². The van der Waals surface area contributed by atoms with Crippen molar-refractivity contribution < 1.29 is 13.2 Å². The Morgan fingerprint density at radius 2 is 1.76 bits per heavy atom. The molecule has 0 saturated carbocycles. The van der Waals surface area contributed by atoms with Gasteiger partial charge in [-0.3, -0.25) is 0 Å². The average Bonchev–Trinajstić information content (AvgIpc) is 2.42. The lowest BCUT2D eigenvalue weighted by molar-refractivity contribution is -0.137. The van der Waals surface area contributed by atoms with Crippen LogP contribution in [0.2, 0.25) is 5.02 Å². The van der Waals surface area contributed by atoms with Crippen LogP contribution in [0.25, 0.3) is 0 Å². The first-order chi connectivity index (χ1) is 9.79. The number of rotatable bonds is 3. The van der Waals surface area contributed by atoms with E-state index in [1.54, 1.807) is 19.1 Å². The zero-order chi connectivity index (χ0) is 15.6. The number of halogens is 4. The summed E-state index contributed by atoms with van der Waals surface area (Å²) in [7, 11) is 0. The summed E-state index contributed by atoms with van der Waals surface area (Å²) >= 11 is 6.12. The third-order valence-corrected chi connectivity index (χ3v) is 3.61. The summed E-state index contributed by atoms with van der Waals surface area (Å²) in [6.07, 6.45) is -4.34. The Morgan fingerprint density at radius 3 is 2.38 bits per heavy atom. The van der Waals surface area contributed by atoms with E-state index in [-0.39, 0.29) is 6.04 Å². The van der Waals surface area contributed by atoms with Gasteiger partial charge in [0.05, 0.1) is 16.3 Å². The highest BCUT2D eigenvalue weighted by atomic mass is 35.5. The zero-order valence-electron chi connectivity index (χ0n) is 11.6. The first-order valence-electron chi connectivity index (χ1n) is 6.48. The molecule has 2 aromatic carbocycles. The molecule has 2 aromatic rings. The van der Waals surface area contributed by atoms with E-state index in [1.807, 2.05) is 19.1 Å². The van der Waals surface area contributed by atoms with Crippen molar-refractivity contribution in [1.82, 2.24) is 0 Å². The first kappa shape index (κ1) is 15.7. The molecule has 2 rings (SSSR count). The molecule has 0 aliphatic rings. The molecule has 0 aliphatic carbocycles. The molecular weight excluding hydrogens is 299 g/mol. The number of benzene rings is 2. The van der Waals surface area contributed by atoms with Crippen molar-refractivity contribution in [2.24, 2.45) is 0 Å². The monoisotopic (exact) mass is 313 g/mol. The molecule has 0 heterocycles. The number of alkyl halides is 3. The lowest BCUT2D eigenvalue weighted by atomic mass is 10.0. The second-order valence-corrected chi connectivity index (χ2v) is 5.33. The summed E-state index contributed by atoms with van der Waals surface area (Å²) in [6, 6.07) is 10.5. The molecule has 1 unspecified atom stereocenters. The predicted molar refractivity (Wildman–Crippen MR) is 79.7 cm³/mol. The number of nitrogens with one attached hydrogen (secondary N) is 1. The Kier molecular flexibility index (Phi) is 4.47. The highest BCUT2D eigenvalue weighted by molar-refractivity contribution is 6.33. The van der Waals surface area contributed by atoms with Gasteiger partial charge >= 0.3 is 6.18 Å². The van der Waals surface area contributed by atoms with Crippen LogP contribution in [0.4, 0.5) is 18.9 Å². The van der Waals surface area contributed by atoms with Gasteiger partial charge in [0, 0.05) is 6.04 Å². The molecule has 112 valence electrons. The minimum Gasteiger partial charge on any atom is -0.377 e. The van der Waals surface area contributed by atoms with Gasteiger partial charge in [0.2, 0.25) is 0 Å². The molecular formula is C16H15ClF3N. The topological polar surface area (TPSA) is 12.0 Å². The fraction of sp³-hybridized carbons (Fsp3) is 0.250. The van der Waals surface area contributed by atoms with Crippen LogP contribution in [0, 0.1) is 6.92 Å². The largest absolute Gasteiger partial charge is 0.416 e. The number of hydrogen-bond donors (Lipinski definition) is 1. The van der Waals surface area contributed by atoms with Crippen molar-refractivity contribution in [1.29, 1.82) is 0 Å². The van der Waals surface area contributed by atoms with Crippen LogP contribution in [0.5, 0.6) is 0 Å². The van der Waals surface area contributed by atoms with Crippen LogP contribution in [0.3, 0.4) is 0 Å². The van der Waals surface area contributed by atoms with Crippen LogP contribution >= 0.6 is 11.6 Å². The molecule has 0 saturated heterocycles. The number of para-hydroxylation sites is 1. The second kappa shape index (κ2) is 5.98. The number of anilines is 1. The first-order valence-corrected chi connectivity index (χ1v) is 6.85. The minimum absolute atomic E-state index is 0.286. The molecule has 0 spiro atoms. The van der Waals surface area contributed by atoms with E-state index in [2.05, 4.69) is 5.32 Å². The quantitative estimate of drug-likeness (QED) is 0.750. The van der Waals surface area contributed by atoms with Crippen molar-refractivity contribution in [3.63, 3.8) is 0 Å². The number of aryl methyl sites for hydroxylation is 1. The standard InChI is InChI=1S/C16H15ClF3N/c1-10-5-3-8-14(17)15(10)21-11(2)12-6-4-7-13(9-12)16(18,19)20/h3-9,11,21H,1-2H3. The van der Waals surface area contributed by atoms with Crippen LogP contribution in [-0.4, -0.2) is 0 Å². The molecule has 0 bridgehead atoms. The van der Waals surface area contributed by atoms with Gasteiger partial charge in [-0.15, -0.1) is 0 Å². The predicted octanol–water partition coefficient (Wildman–Crippen LogP) is 5.84. The zero-order valence-corrected chi connectivity index (χ0v) is 12.4. The van der Waals surface area contributed by atoms with Gasteiger partial charge in [0.25, 0.3) is 0 Å². The third-order valence-electron chi connectivity index (χ3n) is 3.30. The van der Waals surface area contributed by atoms with Crippen molar-refractivity contribution in [3.05, 3.63) is 64.2 Å². The molecule has 0 radical (unpaired) electrons. The second-order valence-electron chi connectivity index (χ2n) is 4.92. The van der Waals surface area contributed by atoms with Crippen molar-refractivity contribution in [2.45, 2.75) is 26.1 Å². The van der Waals surface area contributed by atoms with Gasteiger partial charge in [-0.05, 0) is 43.2 Å². The molecule has 1 atom stereocenters. The van der Waals surface area contributed by atoms with E-state index < -0.39 is 11.7 Å². The van der Waals surface area contributed by atoms with Gasteiger partial charge in [-0.25, -0.2) is 0 Å². The Morgan fingerprint density at radius 1 is 1.10 bits per heavy atom. The molecule has 0 aromatic heterocycles. The van der Waals surface area contributed by atoms with E-state index in [1.165, 1.54) is 6.07 Å². The Hall–Kier alpha value is -1.68. The fourth-order valence-corrected chi connectivity index (χ4v) is 2.38. The number of hydrogen-bond acceptors (Lipinski definition) is 1. The molecule has 1 N–H and O–H groups in total. The summed E-state index contributed by atoms with van der Waals surface area (Å²) in [5, 5.41) is 3.72. The highest BCUT2D eigenvalue weighted by Gasteiger charge is 2.30. The lowest BCUT2D eigenvalue weighted by Gasteiger charge is -2.19. The van der Waals surface area contributed by atoms with Gasteiger partial charge in [-0.1, -0.05) is 35.9 Å². The molecule has 0 fully saturated rings. The van der Waals surface area contributed by atoms with E-state index in [4.69, 9.17) is 11.6 Å². The maximum Gasteiger partial charge on any atom is 0.416 e. The summed E-state index contributed by atoms with van der Waals surface area (Å²) in [5.74, 6) is 0. The molecule has 0 aliphatic heterocycles. The summed E-state index contributed by atoms with van der Waals surface area (Å²) in [6.45, 7) is 3.70. The fourth-order valence-electron chi connectivity index (χ4n) is 2.10. The maximum atomic E-state index is 12.7. The Balaban J connectivity index is 2.27. The van der Waals surface area contributed by atoms with Crippen LogP contribution in [0.15, 0.2) is 42.5 Å². The molecule has 21 heavy (non-hydrogen) atoms. The van der Waals surface area contributed by atoms with E-state index in [0.29, 0.717) is 10.6 Å². The molecule has 1 nitrogen and oxygen atoms in total. The summed E-state index contributed by atoms with van der Waals surface area (Å²) in [5.41, 5.74) is 1.60. The van der Waals surface area contributed by atoms with E-state index in [0.717, 1.165) is 23.4 Å². The van der Waals surface area contributed by atoms with Gasteiger partial charge < -0.3 is 5.32 Å². The van der Waals surface area contributed by atoms with E-state index in [9.17, 15) is 13.2 Å². The Bertz CT molecular complexity index is 617. The summed E-state index contributed by atoms with van der Waals surface area (Å²) in [4.78, 5) is 0. The Labute approximate surface area is 126 Å². The van der Waals surface area contributed by atoms with Crippen LogP contribution in [0.1, 0.15) is 29.7 Å². The smallest absolute Gasteiger partial charge is 0.377 e. The van der Waals surface area contributed by atoms with E-state index >= 15 is 0 Å². The minimum atomic E-state index is -4.34. The molecule has 5 heteroatoms. The third kappa shape index (κ3) is 3.70.